The van der Waals surface area contributed by atoms with Gasteiger partial charge in [0.05, 0.1) is 5.69 Å². The van der Waals surface area contributed by atoms with Crippen LogP contribution in [0.3, 0.4) is 0 Å². The number of amides is 1. The fourth-order valence-corrected chi connectivity index (χ4v) is 1.80. The Bertz CT molecular complexity index is 365. The predicted octanol–water partition coefficient (Wildman–Crippen LogP) is 2.01. The van der Waals surface area contributed by atoms with Crippen molar-refractivity contribution in [1.82, 2.24) is 0 Å². The number of hydrogen-bond donors (Lipinski definition) is 1. The van der Waals surface area contributed by atoms with E-state index in [1.165, 1.54) is 0 Å². The van der Waals surface area contributed by atoms with E-state index in [0.717, 1.165) is 15.0 Å². The minimum Gasteiger partial charge on any atom is -0.479 e. The van der Waals surface area contributed by atoms with Crippen molar-refractivity contribution in [3.05, 3.63) is 21.8 Å². The summed E-state index contributed by atoms with van der Waals surface area (Å²) < 4.78 is 6.40. The molecule has 3 nitrogen and oxygen atoms in total. The molecule has 1 N–H and O–H groups in total. The summed E-state index contributed by atoms with van der Waals surface area (Å²) in [5.41, 5.74) is 0.784. The van der Waals surface area contributed by atoms with Gasteiger partial charge in [0.15, 0.2) is 6.10 Å². The normalized spacial score (nSPS) is 20.2. The Morgan fingerprint density at radius 3 is 3.08 bits per heavy atom. The third-order valence-corrected chi connectivity index (χ3v) is 2.80. The maximum absolute atomic E-state index is 11.3. The van der Waals surface area contributed by atoms with Gasteiger partial charge in [0.25, 0.3) is 5.91 Å². The molecule has 0 saturated heterocycles. The molecular formula is C9H8INO2. The number of nitrogens with one attached hydrogen (secondary N) is 1. The summed E-state index contributed by atoms with van der Waals surface area (Å²) in [6.07, 6.45) is -0.398. The van der Waals surface area contributed by atoms with Crippen LogP contribution in [0.25, 0.3) is 0 Å². The van der Waals surface area contributed by atoms with E-state index >= 15 is 0 Å². The van der Waals surface area contributed by atoms with Crippen molar-refractivity contribution in [2.45, 2.75) is 13.0 Å². The van der Waals surface area contributed by atoms with E-state index in [9.17, 15) is 4.79 Å². The maximum Gasteiger partial charge on any atom is 0.265 e. The first-order valence-electron chi connectivity index (χ1n) is 3.94. The van der Waals surface area contributed by atoms with Crippen molar-refractivity contribution >= 4 is 34.2 Å². The van der Waals surface area contributed by atoms with Crippen LogP contribution in [0.4, 0.5) is 5.69 Å². The van der Waals surface area contributed by atoms with E-state index in [2.05, 4.69) is 27.9 Å². The highest BCUT2D eigenvalue weighted by Crippen LogP contribution is 2.33. The number of para-hydroxylation sites is 1. The summed E-state index contributed by atoms with van der Waals surface area (Å²) in [4.78, 5) is 11.3. The molecule has 0 bridgehead atoms. The predicted molar refractivity (Wildman–Crippen MR) is 57.9 cm³/mol. The van der Waals surface area contributed by atoms with Crippen molar-refractivity contribution in [3.63, 3.8) is 0 Å². The molecule has 4 heteroatoms. The van der Waals surface area contributed by atoms with Crippen LogP contribution in [0.2, 0.25) is 0 Å². The molecule has 0 aliphatic carbocycles. The topological polar surface area (TPSA) is 38.3 Å². The van der Waals surface area contributed by atoms with Crippen LogP contribution in [0.5, 0.6) is 5.75 Å². The zero-order valence-electron chi connectivity index (χ0n) is 7.00. The van der Waals surface area contributed by atoms with Gasteiger partial charge in [-0.05, 0) is 41.6 Å². The smallest absolute Gasteiger partial charge is 0.265 e. The molecule has 68 valence electrons. The second-order valence-corrected chi connectivity index (χ2v) is 4.02. The summed E-state index contributed by atoms with van der Waals surface area (Å²) >= 11 is 2.17. The third kappa shape index (κ3) is 1.50. The third-order valence-electron chi connectivity index (χ3n) is 1.90. The monoisotopic (exact) mass is 289 g/mol. The number of benzene rings is 1. The molecule has 0 fully saturated rings. The average molecular weight is 289 g/mol. The lowest BCUT2D eigenvalue weighted by Crippen LogP contribution is -2.34. The van der Waals surface area contributed by atoms with E-state index < -0.39 is 6.10 Å². The van der Waals surface area contributed by atoms with Gasteiger partial charge in [-0.1, -0.05) is 6.07 Å². The molecule has 1 unspecified atom stereocenters. The number of anilines is 1. The Morgan fingerprint density at radius 2 is 2.31 bits per heavy atom. The van der Waals surface area contributed by atoms with Crippen LogP contribution >= 0.6 is 22.6 Å². The highest BCUT2D eigenvalue weighted by atomic mass is 127. The van der Waals surface area contributed by atoms with Crippen molar-refractivity contribution in [1.29, 1.82) is 0 Å². The number of fused-ring (bicyclic) bond motifs is 1. The molecule has 1 aliphatic rings. The molecule has 0 radical (unpaired) electrons. The first-order chi connectivity index (χ1) is 6.18. The van der Waals surface area contributed by atoms with Crippen molar-refractivity contribution in [3.8, 4) is 5.75 Å². The van der Waals surface area contributed by atoms with Crippen LogP contribution in [-0.4, -0.2) is 12.0 Å². The van der Waals surface area contributed by atoms with E-state index in [0.29, 0.717) is 0 Å². The SMILES string of the molecule is CC1Oc2cccc(I)c2NC1=O. The number of carbonyl (C=O) groups is 1. The van der Waals surface area contributed by atoms with Crippen LogP contribution < -0.4 is 10.1 Å². The van der Waals surface area contributed by atoms with Crippen LogP contribution in [-0.2, 0) is 4.79 Å². The largest absolute Gasteiger partial charge is 0.479 e. The van der Waals surface area contributed by atoms with E-state index in [1.54, 1.807) is 6.92 Å². The molecule has 1 amide bonds. The van der Waals surface area contributed by atoms with Gasteiger partial charge in [0.1, 0.15) is 5.75 Å². The molecule has 1 aromatic carbocycles. The molecular weight excluding hydrogens is 281 g/mol. The average Bonchev–Trinajstić information content (AvgIpc) is 2.09. The first kappa shape index (κ1) is 8.80. The van der Waals surface area contributed by atoms with E-state index in [1.807, 2.05) is 18.2 Å². The van der Waals surface area contributed by atoms with Crippen LogP contribution in [0.1, 0.15) is 6.92 Å². The Hall–Kier alpha value is -0.780. The quantitative estimate of drug-likeness (QED) is 0.742. The van der Waals surface area contributed by atoms with Gasteiger partial charge in [-0.15, -0.1) is 0 Å². The second-order valence-electron chi connectivity index (χ2n) is 2.86. The number of halogens is 1. The minimum absolute atomic E-state index is 0.0865. The summed E-state index contributed by atoms with van der Waals surface area (Å²) in [7, 11) is 0. The molecule has 0 aromatic heterocycles. The van der Waals surface area contributed by atoms with Gasteiger partial charge >= 0.3 is 0 Å². The standard InChI is InChI=1S/C9H8INO2/c1-5-9(12)11-8-6(10)3-2-4-7(8)13-5/h2-5H,1H3,(H,11,12). The highest BCUT2D eigenvalue weighted by Gasteiger charge is 2.24. The fraction of sp³-hybridized carbons (Fsp3) is 0.222. The number of rotatable bonds is 0. The van der Waals surface area contributed by atoms with Crippen LogP contribution in [0.15, 0.2) is 18.2 Å². The summed E-state index contributed by atoms with van der Waals surface area (Å²) in [5.74, 6) is 0.663. The minimum atomic E-state index is -0.398. The Morgan fingerprint density at radius 1 is 1.54 bits per heavy atom. The molecule has 1 heterocycles. The molecule has 2 rings (SSSR count). The zero-order valence-corrected chi connectivity index (χ0v) is 9.16. The van der Waals surface area contributed by atoms with Gasteiger partial charge in [-0.2, -0.15) is 0 Å². The zero-order chi connectivity index (χ0) is 9.42. The van der Waals surface area contributed by atoms with Gasteiger partial charge in [0, 0.05) is 3.57 Å². The van der Waals surface area contributed by atoms with Gasteiger partial charge in [0.2, 0.25) is 0 Å². The molecule has 1 atom stereocenters. The summed E-state index contributed by atoms with van der Waals surface area (Å²) in [5, 5.41) is 2.81. The summed E-state index contributed by atoms with van der Waals surface area (Å²) in [6.45, 7) is 1.73. The molecule has 13 heavy (non-hydrogen) atoms. The lowest BCUT2D eigenvalue weighted by molar-refractivity contribution is -0.122. The van der Waals surface area contributed by atoms with E-state index in [4.69, 9.17) is 4.74 Å². The van der Waals surface area contributed by atoms with Crippen LogP contribution in [0, 0.1) is 3.57 Å². The lowest BCUT2D eigenvalue weighted by atomic mass is 10.2. The summed E-state index contributed by atoms with van der Waals surface area (Å²) in [6, 6.07) is 5.69. The Labute approximate surface area is 89.6 Å². The molecule has 1 aliphatic heterocycles. The second kappa shape index (κ2) is 3.17. The maximum atomic E-state index is 11.3. The van der Waals surface area contributed by atoms with Gasteiger partial charge in [-0.3, -0.25) is 4.79 Å². The fourth-order valence-electron chi connectivity index (χ4n) is 1.19. The Balaban J connectivity index is 2.48. The lowest BCUT2D eigenvalue weighted by Gasteiger charge is -2.23. The first-order valence-corrected chi connectivity index (χ1v) is 5.02. The number of carbonyl (C=O) groups excluding carboxylic acids is 1. The Kier molecular flexibility index (Phi) is 2.15. The van der Waals surface area contributed by atoms with Gasteiger partial charge < -0.3 is 10.1 Å². The van der Waals surface area contributed by atoms with E-state index in [-0.39, 0.29) is 5.91 Å². The van der Waals surface area contributed by atoms with Gasteiger partial charge in [-0.25, -0.2) is 0 Å². The van der Waals surface area contributed by atoms with Crippen molar-refractivity contribution < 1.29 is 9.53 Å². The molecule has 0 spiro atoms. The molecule has 0 saturated carbocycles. The number of ether oxygens (including phenoxy) is 1. The van der Waals surface area contributed by atoms with Crippen molar-refractivity contribution in [2.75, 3.05) is 5.32 Å². The number of hydrogen-bond acceptors (Lipinski definition) is 2. The molecule has 1 aromatic rings. The van der Waals surface area contributed by atoms with Crippen molar-refractivity contribution in [2.24, 2.45) is 0 Å². The highest BCUT2D eigenvalue weighted by molar-refractivity contribution is 14.1.